The molecule has 1 heterocycles. The van der Waals surface area contributed by atoms with E-state index in [9.17, 15) is 4.79 Å². The van der Waals surface area contributed by atoms with E-state index >= 15 is 0 Å². The standard InChI is InChI=1S/C17H35N5O2.HI/c1-4-5-14-24-15-6-7-19-17(18-3)20-8-9-21-10-12-22(13-11-21)16(2)23;/h4-15H2,1-3H3,(H2,18,19,20);1H. The van der Waals surface area contributed by atoms with Crippen LogP contribution in [0.1, 0.15) is 33.1 Å². The van der Waals surface area contributed by atoms with Crippen molar-refractivity contribution in [3.8, 4) is 0 Å². The van der Waals surface area contributed by atoms with Crippen LogP contribution < -0.4 is 10.6 Å². The minimum Gasteiger partial charge on any atom is -0.381 e. The number of guanidine groups is 1. The molecule has 1 rings (SSSR count). The number of carbonyl (C=O) groups is 1. The Kier molecular flexibility index (Phi) is 15.2. The number of carbonyl (C=O) groups excluding carboxylic acids is 1. The third kappa shape index (κ3) is 11.6. The van der Waals surface area contributed by atoms with Crippen molar-refractivity contribution >= 4 is 35.8 Å². The number of piperazine rings is 1. The average Bonchev–Trinajstić information content (AvgIpc) is 2.59. The zero-order chi connectivity index (χ0) is 17.6. The molecule has 7 nitrogen and oxygen atoms in total. The third-order valence-corrected chi connectivity index (χ3v) is 4.16. The molecule has 0 saturated carbocycles. The fourth-order valence-corrected chi connectivity index (χ4v) is 2.57. The normalized spacial score (nSPS) is 15.6. The molecule has 0 radical (unpaired) electrons. The maximum Gasteiger partial charge on any atom is 0.219 e. The number of nitrogens with one attached hydrogen (secondary N) is 2. The molecule has 0 aromatic rings. The molecule has 148 valence electrons. The van der Waals surface area contributed by atoms with Crippen LogP contribution in [0, 0.1) is 0 Å². The van der Waals surface area contributed by atoms with Gasteiger partial charge in [0.05, 0.1) is 0 Å². The summed E-state index contributed by atoms with van der Waals surface area (Å²) in [5, 5.41) is 6.65. The Hall–Kier alpha value is -0.610. The Bertz CT molecular complexity index is 374. The van der Waals surface area contributed by atoms with Gasteiger partial charge in [-0.3, -0.25) is 14.7 Å². The van der Waals surface area contributed by atoms with Crippen molar-refractivity contribution in [2.45, 2.75) is 33.1 Å². The lowest BCUT2D eigenvalue weighted by atomic mass is 10.3. The summed E-state index contributed by atoms with van der Waals surface area (Å²) in [7, 11) is 1.79. The predicted molar refractivity (Wildman–Crippen MR) is 114 cm³/mol. The molecule has 0 aliphatic carbocycles. The van der Waals surface area contributed by atoms with Crippen molar-refractivity contribution < 1.29 is 9.53 Å². The number of halogens is 1. The largest absolute Gasteiger partial charge is 0.381 e. The summed E-state index contributed by atoms with van der Waals surface area (Å²) in [5.41, 5.74) is 0. The lowest BCUT2D eigenvalue weighted by molar-refractivity contribution is -0.130. The van der Waals surface area contributed by atoms with Crippen LogP contribution in [0.3, 0.4) is 0 Å². The first-order valence-corrected chi connectivity index (χ1v) is 9.17. The van der Waals surface area contributed by atoms with Gasteiger partial charge < -0.3 is 20.3 Å². The summed E-state index contributed by atoms with van der Waals surface area (Å²) < 4.78 is 5.54. The van der Waals surface area contributed by atoms with Crippen LogP contribution >= 0.6 is 24.0 Å². The zero-order valence-corrected chi connectivity index (χ0v) is 18.4. The highest BCUT2D eigenvalue weighted by Crippen LogP contribution is 2.00. The van der Waals surface area contributed by atoms with Gasteiger partial charge in [0, 0.05) is 73.0 Å². The Morgan fingerprint density at radius 3 is 2.32 bits per heavy atom. The van der Waals surface area contributed by atoms with Crippen molar-refractivity contribution in [3.63, 3.8) is 0 Å². The first-order valence-electron chi connectivity index (χ1n) is 9.17. The van der Waals surface area contributed by atoms with E-state index in [2.05, 4.69) is 27.4 Å². The smallest absolute Gasteiger partial charge is 0.219 e. The van der Waals surface area contributed by atoms with Crippen LogP contribution in [-0.2, 0) is 9.53 Å². The Morgan fingerprint density at radius 2 is 1.72 bits per heavy atom. The highest BCUT2D eigenvalue weighted by atomic mass is 127. The van der Waals surface area contributed by atoms with E-state index in [1.165, 1.54) is 6.42 Å². The number of unbranched alkanes of at least 4 members (excludes halogenated alkanes) is 1. The SMILES string of the molecule is CCCCOCCCNC(=NC)NCCN1CCN(C(C)=O)CC1.I. The second-order valence-corrected chi connectivity index (χ2v) is 6.09. The summed E-state index contributed by atoms with van der Waals surface area (Å²) in [6, 6.07) is 0. The van der Waals surface area contributed by atoms with E-state index in [-0.39, 0.29) is 29.9 Å². The molecule has 0 aromatic heterocycles. The second kappa shape index (κ2) is 15.6. The Labute approximate surface area is 170 Å². The minimum atomic E-state index is 0. The van der Waals surface area contributed by atoms with E-state index in [0.717, 1.165) is 77.8 Å². The number of hydrogen-bond donors (Lipinski definition) is 2. The van der Waals surface area contributed by atoms with Gasteiger partial charge in [-0.15, -0.1) is 24.0 Å². The topological polar surface area (TPSA) is 69.2 Å². The first kappa shape index (κ1) is 24.4. The molecule has 0 unspecified atom stereocenters. The van der Waals surface area contributed by atoms with Gasteiger partial charge in [0.1, 0.15) is 0 Å². The van der Waals surface area contributed by atoms with Crippen LogP contribution in [-0.4, -0.2) is 87.7 Å². The first-order chi connectivity index (χ1) is 11.7. The molecule has 0 bridgehead atoms. The van der Waals surface area contributed by atoms with Crippen molar-refractivity contribution in [1.82, 2.24) is 20.4 Å². The molecule has 0 aromatic carbocycles. The monoisotopic (exact) mass is 469 g/mol. The quantitative estimate of drug-likeness (QED) is 0.218. The Morgan fingerprint density at radius 1 is 1.08 bits per heavy atom. The molecule has 0 atom stereocenters. The molecule has 1 aliphatic heterocycles. The molecule has 1 amide bonds. The molecular formula is C17H36IN5O2. The van der Waals surface area contributed by atoms with E-state index in [0.29, 0.717) is 0 Å². The molecule has 1 aliphatic rings. The minimum absolute atomic E-state index is 0. The van der Waals surface area contributed by atoms with Crippen LogP contribution in [0.15, 0.2) is 4.99 Å². The highest BCUT2D eigenvalue weighted by molar-refractivity contribution is 14.0. The van der Waals surface area contributed by atoms with Crippen LogP contribution in [0.4, 0.5) is 0 Å². The number of hydrogen-bond acceptors (Lipinski definition) is 4. The van der Waals surface area contributed by atoms with Gasteiger partial charge in [0.2, 0.25) is 5.91 Å². The van der Waals surface area contributed by atoms with Gasteiger partial charge >= 0.3 is 0 Å². The predicted octanol–water partition coefficient (Wildman–Crippen LogP) is 1.14. The van der Waals surface area contributed by atoms with E-state index in [1.807, 2.05) is 4.90 Å². The lowest BCUT2D eigenvalue weighted by Gasteiger charge is -2.34. The molecule has 1 fully saturated rings. The van der Waals surface area contributed by atoms with Gasteiger partial charge in [-0.05, 0) is 12.8 Å². The molecular weight excluding hydrogens is 433 g/mol. The van der Waals surface area contributed by atoms with Gasteiger partial charge in [0.25, 0.3) is 0 Å². The summed E-state index contributed by atoms with van der Waals surface area (Å²) in [6.45, 7) is 11.7. The summed E-state index contributed by atoms with van der Waals surface area (Å²) in [5.74, 6) is 1.02. The molecule has 25 heavy (non-hydrogen) atoms. The molecule has 2 N–H and O–H groups in total. The maximum atomic E-state index is 11.3. The van der Waals surface area contributed by atoms with Crippen LogP contribution in [0.5, 0.6) is 0 Å². The van der Waals surface area contributed by atoms with E-state index < -0.39 is 0 Å². The lowest BCUT2D eigenvalue weighted by Crippen LogP contribution is -2.50. The van der Waals surface area contributed by atoms with Crippen LogP contribution in [0.25, 0.3) is 0 Å². The van der Waals surface area contributed by atoms with Gasteiger partial charge in [-0.25, -0.2) is 0 Å². The highest BCUT2D eigenvalue weighted by Gasteiger charge is 2.17. The van der Waals surface area contributed by atoms with Crippen molar-refractivity contribution in [2.75, 3.05) is 66.1 Å². The van der Waals surface area contributed by atoms with Crippen molar-refractivity contribution in [1.29, 1.82) is 0 Å². The number of rotatable bonds is 10. The summed E-state index contributed by atoms with van der Waals surface area (Å²) in [6.07, 6.45) is 3.30. The molecule has 8 heteroatoms. The molecule has 1 saturated heterocycles. The number of amides is 1. The van der Waals surface area contributed by atoms with Crippen molar-refractivity contribution in [2.24, 2.45) is 4.99 Å². The number of ether oxygens (including phenoxy) is 1. The van der Waals surface area contributed by atoms with Gasteiger partial charge in [-0.1, -0.05) is 13.3 Å². The van der Waals surface area contributed by atoms with Gasteiger partial charge in [-0.2, -0.15) is 0 Å². The van der Waals surface area contributed by atoms with E-state index in [1.54, 1.807) is 14.0 Å². The molecule has 0 spiro atoms. The fourth-order valence-electron chi connectivity index (χ4n) is 2.57. The number of aliphatic imine (C=N–C) groups is 1. The summed E-state index contributed by atoms with van der Waals surface area (Å²) in [4.78, 5) is 19.8. The third-order valence-electron chi connectivity index (χ3n) is 4.16. The van der Waals surface area contributed by atoms with Crippen molar-refractivity contribution in [3.05, 3.63) is 0 Å². The van der Waals surface area contributed by atoms with Gasteiger partial charge in [0.15, 0.2) is 5.96 Å². The zero-order valence-electron chi connectivity index (χ0n) is 16.1. The average molecular weight is 469 g/mol. The summed E-state index contributed by atoms with van der Waals surface area (Å²) >= 11 is 0. The Balaban J connectivity index is 0.00000576. The maximum absolute atomic E-state index is 11.3. The second-order valence-electron chi connectivity index (χ2n) is 6.09. The number of nitrogens with zero attached hydrogens (tertiary/aromatic N) is 3. The van der Waals surface area contributed by atoms with E-state index in [4.69, 9.17) is 4.74 Å². The fraction of sp³-hybridized carbons (Fsp3) is 0.882. The van der Waals surface area contributed by atoms with Crippen LogP contribution in [0.2, 0.25) is 0 Å².